The van der Waals surface area contributed by atoms with Gasteiger partial charge in [-0.3, -0.25) is 0 Å². The third-order valence-corrected chi connectivity index (χ3v) is 4.43. The van der Waals surface area contributed by atoms with Crippen LogP contribution in [-0.2, 0) is 11.2 Å². The summed E-state index contributed by atoms with van der Waals surface area (Å²) in [6.07, 6.45) is 4.72. The largest absolute Gasteiger partial charge is 0.381 e. The highest BCUT2D eigenvalue weighted by atomic mass is 16.5. The fourth-order valence-corrected chi connectivity index (χ4v) is 3.18. The molecule has 1 aromatic carbocycles. The summed E-state index contributed by atoms with van der Waals surface area (Å²) in [4.78, 5) is 0. The molecule has 0 bridgehead atoms. The molecule has 0 heterocycles. The van der Waals surface area contributed by atoms with Crippen molar-refractivity contribution in [2.24, 2.45) is 11.8 Å². The number of benzene rings is 1. The number of ether oxygens (including phenoxy) is 1. The molecule has 0 amide bonds. The molecule has 21 heavy (non-hydrogen) atoms. The molecule has 0 aliphatic heterocycles. The van der Waals surface area contributed by atoms with E-state index >= 15 is 0 Å². The maximum absolute atomic E-state index is 5.83. The maximum atomic E-state index is 5.83. The van der Waals surface area contributed by atoms with Gasteiger partial charge in [-0.25, -0.2) is 0 Å². The molecule has 1 aliphatic rings. The predicted molar refractivity (Wildman–Crippen MR) is 89.6 cm³/mol. The maximum Gasteiger partial charge on any atom is 0.0469 e. The molecule has 0 aromatic heterocycles. The van der Waals surface area contributed by atoms with Crippen LogP contribution in [0.3, 0.4) is 0 Å². The molecule has 2 atom stereocenters. The Bertz CT molecular complexity index is 416. The number of hydrogen-bond acceptors (Lipinski definition) is 2. The van der Waals surface area contributed by atoms with E-state index in [2.05, 4.69) is 50.4 Å². The van der Waals surface area contributed by atoms with E-state index in [9.17, 15) is 0 Å². The summed E-state index contributed by atoms with van der Waals surface area (Å²) in [6.45, 7) is 9.64. The second-order valence-electron chi connectivity index (χ2n) is 6.68. The van der Waals surface area contributed by atoms with Crippen molar-refractivity contribution >= 4 is 0 Å². The highest BCUT2D eigenvalue weighted by molar-refractivity contribution is 5.35. The van der Waals surface area contributed by atoms with E-state index in [1.165, 1.54) is 30.4 Å². The van der Waals surface area contributed by atoms with Gasteiger partial charge in [0, 0.05) is 19.3 Å². The Morgan fingerprint density at radius 3 is 2.81 bits per heavy atom. The number of hydrogen-bond donors (Lipinski definition) is 1. The minimum absolute atomic E-state index is 0.523. The van der Waals surface area contributed by atoms with Crippen molar-refractivity contribution < 1.29 is 4.74 Å². The van der Waals surface area contributed by atoms with Crippen LogP contribution in [0, 0.1) is 11.8 Å². The summed E-state index contributed by atoms with van der Waals surface area (Å²) in [5, 5.41) is 3.74. The summed E-state index contributed by atoms with van der Waals surface area (Å²) in [5.41, 5.74) is 3.04. The second kappa shape index (κ2) is 8.55. The lowest BCUT2D eigenvalue weighted by molar-refractivity contribution is 0.106. The Labute approximate surface area is 130 Å². The first-order valence-corrected chi connectivity index (χ1v) is 8.61. The first kappa shape index (κ1) is 16.5. The van der Waals surface area contributed by atoms with Crippen LogP contribution >= 0.6 is 0 Å². The van der Waals surface area contributed by atoms with E-state index in [4.69, 9.17) is 4.74 Å². The molecular formula is C19H31NO. The van der Waals surface area contributed by atoms with Crippen molar-refractivity contribution in [1.29, 1.82) is 0 Å². The SMILES string of the molecule is CCCNC1c2ccccc2CC1CCOCCC(C)C. The van der Waals surface area contributed by atoms with Crippen molar-refractivity contribution in [2.75, 3.05) is 19.8 Å². The van der Waals surface area contributed by atoms with Crippen LogP contribution < -0.4 is 5.32 Å². The zero-order chi connectivity index (χ0) is 15.1. The van der Waals surface area contributed by atoms with Crippen LogP contribution in [0.25, 0.3) is 0 Å². The van der Waals surface area contributed by atoms with Crippen LogP contribution in [0.2, 0.25) is 0 Å². The Balaban J connectivity index is 1.84. The lowest BCUT2D eigenvalue weighted by Gasteiger charge is -2.22. The predicted octanol–water partition coefficient (Wildman–Crippen LogP) is 4.35. The monoisotopic (exact) mass is 289 g/mol. The van der Waals surface area contributed by atoms with Gasteiger partial charge in [0.15, 0.2) is 0 Å². The van der Waals surface area contributed by atoms with Gasteiger partial charge in [-0.05, 0) is 55.2 Å². The van der Waals surface area contributed by atoms with Gasteiger partial charge in [-0.2, -0.15) is 0 Å². The summed E-state index contributed by atoms with van der Waals surface area (Å²) >= 11 is 0. The molecule has 0 fully saturated rings. The Morgan fingerprint density at radius 2 is 2.05 bits per heavy atom. The molecule has 1 aliphatic carbocycles. The topological polar surface area (TPSA) is 21.3 Å². The van der Waals surface area contributed by atoms with Gasteiger partial charge >= 0.3 is 0 Å². The van der Waals surface area contributed by atoms with Gasteiger partial charge in [0.25, 0.3) is 0 Å². The highest BCUT2D eigenvalue weighted by Crippen LogP contribution is 2.37. The third-order valence-electron chi connectivity index (χ3n) is 4.43. The summed E-state index contributed by atoms with van der Waals surface area (Å²) in [7, 11) is 0. The normalized spacial score (nSPS) is 21.0. The van der Waals surface area contributed by atoms with Crippen molar-refractivity contribution in [1.82, 2.24) is 5.32 Å². The van der Waals surface area contributed by atoms with Crippen LogP contribution in [0.15, 0.2) is 24.3 Å². The molecule has 2 unspecified atom stereocenters. The van der Waals surface area contributed by atoms with Crippen LogP contribution in [0.5, 0.6) is 0 Å². The van der Waals surface area contributed by atoms with Gasteiger partial charge in [0.05, 0.1) is 0 Å². The third kappa shape index (κ3) is 4.82. The van der Waals surface area contributed by atoms with Crippen LogP contribution in [0.1, 0.15) is 57.2 Å². The van der Waals surface area contributed by atoms with Gasteiger partial charge in [-0.1, -0.05) is 45.0 Å². The van der Waals surface area contributed by atoms with Gasteiger partial charge in [0.1, 0.15) is 0 Å². The lowest BCUT2D eigenvalue weighted by atomic mass is 9.97. The van der Waals surface area contributed by atoms with Gasteiger partial charge in [-0.15, -0.1) is 0 Å². The van der Waals surface area contributed by atoms with Crippen molar-refractivity contribution in [3.8, 4) is 0 Å². The Hall–Kier alpha value is -0.860. The van der Waals surface area contributed by atoms with E-state index in [1.54, 1.807) is 0 Å². The first-order valence-electron chi connectivity index (χ1n) is 8.61. The average Bonchev–Trinajstić information content (AvgIpc) is 2.82. The smallest absolute Gasteiger partial charge is 0.0469 e. The number of rotatable bonds is 9. The van der Waals surface area contributed by atoms with Crippen molar-refractivity contribution in [3.63, 3.8) is 0 Å². The molecule has 2 rings (SSSR count). The standard InChI is InChI=1S/C19H31NO/c1-4-11-20-19-17(10-13-21-12-9-15(2)3)14-16-7-5-6-8-18(16)19/h5-8,15,17,19-20H,4,9-14H2,1-3H3. The summed E-state index contributed by atoms with van der Waals surface area (Å²) < 4.78 is 5.83. The molecule has 1 N–H and O–H groups in total. The van der Waals surface area contributed by atoms with Crippen molar-refractivity contribution in [2.45, 2.75) is 52.5 Å². The minimum Gasteiger partial charge on any atom is -0.381 e. The molecule has 2 nitrogen and oxygen atoms in total. The molecule has 1 aromatic rings. The molecular weight excluding hydrogens is 258 g/mol. The van der Waals surface area contributed by atoms with Crippen LogP contribution in [-0.4, -0.2) is 19.8 Å². The van der Waals surface area contributed by atoms with Gasteiger partial charge in [0.2, 0.25) is 0 Å². The first-order chi connectivity index (χ1) is 10.2. The Kier molecular flexibility index (Phi) is 6.72. The average molecular weight is 289 g/mol. The molecule has 0 spiro atoms. The minimum atomic E-state index is 0.523. The Morgan fingerprint density at radius 1 is 1.24 bits per heavy atom. The van der Waals surface area contributed by atoms with E-state index in [1.807, 2.05) is 0 Å². The van der Waals surface area contributed by atoms with Gasteiger partial charge < -0.3 is 10.1 Å². The lowest BCUT2D eigenvalue weighted by Crippen LogP contribution is -2.27. The van der Waals surface area contributed by atoms with E-state index in [0.717, 1.165) is 32.1 Å². The molecule has 0 radical (unpaired) electrons. The molecule has 118 valence electrons. The van der Waals surface area contributed by atoms with E-state index in [-0.39, 0.29) is 0 Å². The fourth-order valence-electron chi connectivity index (χ4n) is 3.18. The quantitative estimate of drug-likeness (QED) is 0.682. The highest BCUT2D eigenvalue weighted by Gasteiger charge is 2.31. The molecule has 0 saturated carbocycles. The van der Waals surface area contributed by atoms with E-state index < -0.39 is 0 Å². The summed E-state index contributed by atoms with van der Waals surface area (Å²) in [5.74, 6) is 1.42. The zero-order valence-corrected chi connectivity index (χ0v) is 13.9. The number of nitrogens with one attached hydrogen (secondary N) is 1. The van der Waals surface area contributed by atoms with E-state index in [0.29, 0.717) is 12.0 Å². The fraction of sp³-hybridized carbons (Fsp3) is 0.684. The van der Waals surface area contributed by atoms with Crippen LogP contribution in [0.4, 0.5) is 0 Å². The summed E-state index contributed by atoms with van der Waals surface area (Å²) in [6, 6.07) is 9.44. The zero-order valence-electron chi connectivity index (χ0n) is 13.9. The molecule has 0 saturated heterocycles. The second-order valence-corrected chi connectivity index (χ2v) is 6.68. The van der Waals surface area contributed by atoms with Crippen molar-refractivity contribution in [3.05, 3.63) is 35.4 Å². The molecule has 2 heteroatoms. The number of fused-ring (bicyclic) bond motifs is 1.